The molecule has 1 atom stereocenters. The third-order valence-electron chi connectivity index (χ3n) is 3.88. The summed E-state index contributed by atoms with van der Waals surface area (Å²) in [5.74, 6) is -0.339. The number of nitrogens with zero attached hydrogens (tertiary/aromatic N) is 1. The minimum atomic E-state index is -3.66. The van der Waals surface area contributed by atoms with Gasteiger partial charge in [0, 0.05) is 10.5 Å². The SMILES string of the molecule is CC1CCc2cc(F)ccc2N1S(=O)(=O)c1ccc(Br)cc1. The van der Waals surface area contributed by atoms with Gasteiger partial charge in [0.1, 0.15) is 5.82 Å². The highest BCUT2D eigenvalue weighted by Crippen LogP contribution is 2.35. The van der Waals surface area contributed by atoms with Crippen molar-refractivity contribution in [2.75, 3.05) is 4.31 Å². The summed E-state index contributed by atoms with van der Waals surface area (Å²) in [7, 11) is -3.66. The lowest BCUT2D eigenvalue weighted by atomic mass is 9.99. The molecule has 0 spiro atoms. The van der Waals surface area contributed by atoms with E-state index in [9.17, 15) is 12.8 Å². The van der Waals surface area contributed by atoms with Crippen molar-refractivity contribution in [1.29, 1.82) is 0 Å². The summed E-state index contributed by atoms with van der Waals surface area (Å²) >= 11 is 3.30. The van der Waals surface area contributed by atoms with Gasteiger partial charge in [0.05, 0.1) is 10.6 Å². The van der Waals surface area contributed by atoms with Crippen LogP contribution in [0.25, 0.3) is 0 Å². The van der Waals surface area contributed by atoms with E-state index >= 15 is 0 Å². The van der Waals surface area contributed by atoms with Crippen molar-refractivity contribution < 1.29 is 12.8 Å². The number of sulfonamides is 1. The molecule has 0 amide bonds. The van der Waals surface area contributed by atoms with Crippen molar-refractivity contribution >= 4 is 31.6 Å². The third-order valence-corrected chi connectivity index (χ3v) is 6.35. The van der Waals surface area contributed by atoms with Gasteiger partial charge in [-0.1, -0.05) is 15.9 Å². The zero-order chi connectivity index (χ0) is 15.9. The number of benzene rings is 2. The van der Waals surface area contributed by atoms with Gasteiger partial charge in [0.15, 0.2) is 0 Å². The van der Waals surface area contributed by atoms with Crippen molar-refractivity contribution in [2.45, 2.75) is 30.7 Å². The van der Waals surface area contributed by atoms with Gasteiger partial charge in [-0.3, -0.25) is 4.31 Å². The van der Waals surface area contributed by atoms with E-state index in [2.05, 4.69) is 15.9 Å². The fourth-order valence-corrected chi connectivity index (χ4v) is 4.76. The highest BCUT2D eigenvalue weighted by Gasteiger charge is 2.33. The van der Waals surface area contributed by atoms with E-state index in [4.69, 9.17) is 0 Å². The van der Waals surface area contributed by atoms with Crippen molar-refractivity contribution in [2.24, 2.45) is 0 Å². The Morgan fingerprint density at radius 1 is 1.18 bits per heavy atom. The maximum absolute atomic E-state index is 13.4. The Hall–Kier alpha value is -1.40. The monoisotopic (exact) mass is 383 g/mol. The first kappa shape index (κ1) is 15.5. The van der Waals surface area contributed by atoms with Gasteiger partial charge in [-0.2, -0.15) is 0 Å². The number of anilines is 1. The van der Waals surface area contributed by atoms with Crippen molar-refractivity contribution in [1.82, 2.24) is 0 Å². The molecule has 0 aromatic heterocycles. The summed E-state index contributed by atoms with van der Waals surface area (Å²) in [4.78, 5) is 0.236. The first-order chi connectivity index (χ1) is 10.4. The standard InChI is InChI=1S/C16H15BrFNO2S/c1-11-2-3-12-10-14(18)6-9-16(12)19(11)22(20,21)15-7-4-13(17)5-8-15/h4-11H,2-3H2,1H3. The molecule has 0 radical (unpaired) electrons. The molecule has 2 aromatic carbocycles. The Balaban J connectivity index is 2.12. The van der Waals surface area contributed by atoms with Crippen molar-refractivity contribution in [3.63, 3.8) is 0 Å². The van der Waals surface area contributed by atoms with Crippen LogP contribution in [0.15, 0.2) is 51.8 Å². The van der Waals surface area contributed by atoms with E-state index in [0.717, 1.165) is 10.0 Å². The number of rotatable bonds is 2. The largest absolute Gasteiger partial charge is 0.264 e. The van der Waals surface area contributed by atoms with Crippen LogP contribution in [0.3, 0.4) is 0 Å². The number of halogens is 2. The highest BCUT2D eigenvalue weighted by atomic mass is 79.9. The highest BCUT2D eigenvalue weighted by molar-refractivity contribution is 9.10. The van der Waals surface area contributed by atoms with Gasteiger partial charge in [-0.25, -0.2) is 12.8 Å². The van der Waals surface area contributed by atoms with Crippen LogP contribution in [0.5, 0.6) is 0 Å². The van der Waals surface area contributed by atoms with Gasteiger partial charge in [-0.05, 0) is 67.8 Å². The van der Waals surface area contributed by atoms with Crippen molar-refractivity contribution in [3.8, 4) is 0 Å². The molecule has 0 bridgehead atoms. The topological polar surface area (TPSA) is 37.4 Å². The summed E-state index contributed by atoms with van der Waals surface area (Å²) in [6.45, 7) is 1.88. The predicted molar refractivity (Wildman–Crippen MR) is 88.0 cm³/mol. The van der Waals surface area contributed by atoms with E-state index in [1.165, 1.54) is 16.4 Å². The molecule has 1 aliphatic heterocycles. The molecule has 0 fully saturated rings. The van der Waals surface area contributed by atoms with Crippen molar-refractivity contribution in [3.05, 3.63) is 58.3 Å². The van der Waals surface area contributed by atoms with Crippen LogP contribution in [0.2, 0.25) is 0 Å². The Morgan fingerprint density at radius 3 is 2.55 bits per heavy atom. The molecule has 0 saturated heterocycles. The second-order valence-electron chi connectivity index (χ2n) is 5.42. The lowest BCUT2D eigenvalue weighted by Crippen LogP contribution is -2.42. The van der Waals surface area contributed by atoms with E-state index in [1.807, 2.05) is 6.92 Å². The molecule has 1 heterocycles. The molecule has 0 saturated carbocycles. The lowest BCUT2D eigenvalue weighted by molar-refractivity contribution is 0.560. The second-order valence-corrected chi connectivity index (χ2v) is 8.15. The fraction of sp³-hybridized carbons (Fsp3) is 0.250. The van der Waals surface area contributed by atoms with E-state index in [0.29, 0.717) is 18.5 Å². The van der Waals surface area contributed by atoms with Gasteiger partial charge >= 0.3 is 0 Å². The fourth-order valence-electron chi connectivity index (χ4n) is 2.77. The minimum absolute atomic E-state index is 0.161. The average molecular weight is 384 g/mol. The van der Waals surface area contributed by atoms with Crippen LogP contribution in [0, 0.1) is 5.82 Å². The molecule has 116 valence electrons. The molecule has 0 aliphatic carbocycles. The molecule has 1 aliphatic rings. The van der Waals surface area contributed by atoms with Crippen LogP contribution < -0.4 is 4.31 Å². The van der Waals surface area contributed by atoms with Gasteiger partial charge < -0.3 is 0 Å². The molecule has 6 heteroatoms. The van der Waals surface area contributed by atoms with E-state index < -0.39 is 10.0 Å². The zero-order valence-electron chi connectivity index (χ0n) is 12.0. The maximum Gasteiger partial charge on any atom is 0.264 e. The zero-order valence-corrected chi connectivity index (χ0v) is 14.4. The Morgan fingerprint density at radius 2 is 1.86 bits per heavy atom. The quantitative estimate of drug-likeness (QED) is 0.781. The van der Waals surface area contributed by atoms with Crippen LogP contribution in [0.4, 0.5) is 10.1 Å². The predicted octanol–water partition coefficient (Wildman–Crippen LogP) is 4.12. The van der Waals surface area contributed by atoms with Gasteiger partial charge in [0.2, 0.25) is 0 Å². The molecule has 22 heavy (non-hydrogen) atoms. The van der Waals surface area contributed by atoms with Gasteiger partial charge in [0.25, 0.3) is 10.0 Å². The molecule has 3 rings (SSSR count). The smallest absolute Gasteiger partial charge is 0.263 e. The summed E-state index contributed by atoms with van der Waals surface area (Å²) in [6, 6.07) is 10.7. The molecule has 0 N–H and O–H groups in total. The molecule has 2 aromatic rings. The maximum atomic E-state index is 13.4. The number of hydrogen-bond acceptors (Lipinski definition) is 2. The first-order valence-corrected chi connectivity index (χ1v) is 9.21. The van der Waals surface area contributed by atoms with Crippen LogP contribution in [-0.4, -0.2) is 14.5 Å². The molecule has 3 nitrogen and oxygen atoms in total. The van der Waals surface area contributed by atoms with Crippen LogP contribution >= 0.6 is 15.9 Å². The second kappa shape index (κ2) is 5.66. The normalized spacial score (nSPS) is 18.1. The summed E-state index contributed by atoms with van der Waals surface area (Å²) in [5, 5.41) is 0. The first-order valence-electron chi connectivity index (χ1n) is 6.98. The molecular formula is C16H15BrFNO2S. The molecule has 1 unspecified atom stereocenters. The number of aryl methyl sites for hydroxylation is 1. The number of fused-ring (bicyclic) bond motifs is 1. The summed E-state index contributed by atoms with van der Waals surface area (Å²) in [5.41, 5.74) is 1.31. The average Bonchev–Trinajstić information content (AvgIpc) is 2.47. The lowest BCUT2D eigenvalue weighted by Gasteiger charge is -2.36. The van der Waals surface area contributed by atoms with Crippen LogP contribution in [0.1, 0.15) is 18.9 Å². The Labute approximate surface area is 137 Å². The van der Waals surface area contributed by atoms with E-state index in [-0.39, 0.29) is 16.8 Å². The van der Waals surface area contributed by atoms with Gasteiger partial charge in [-0.15, -0.1) is 0 Å². The Kier molecular flexibility index (Phi) is 3.99. The van der Waals surface area contributed by atoms with Crippen LogP contribution in [-0.2, 0) is 16.4 Å². The minimum Gasteiger partial charge on any atom is -0.263 e. The number of hydrogen-bond donors (Lipinski definition) is 0. The third kappa shape index (κ3) is 2.65. The Bertz CT molecular complexity index is 805. The summed E-state index contributed by atoms with van der Waals surface area (Å²) < 4.78 is 41.6. The molecular weight excluding hydrogens is 369 g/mol. The summed E-state index contributed by atoms with van der Waals surface area (Å²) in [6.07, 6.45) is 1.35. The van der Waals surface area contributed by atoms with E-state index in [1.54, 1.807) is 30.3 Å².